The van der Waals surface area contributed by atoms with E-state index in [9.17, 15) is 0 Å². The SMILES string of the molecule is c1nc2cc(-c3ccc(N4CCN(C5CCOCC5)CC4)cn3)ccc2s1. The number of hydrogen-bond donors (Lipinski definition) is 0. The minimum absolute atomic E-state index is 0.710. The molecule has 0 spiro atoms. The molecule has 0 N–H and O–H groups in total. The Kier molecular flexibility index (Phi) is 4.78. The van der Waals surface area contributed by atoms with Crippen molar-refractivity contribution in [2.24, 2.45) is 0 Å². The van der Waals surface area contributed by atoms with Crippen LogP contribution in [0.3, 0.4) is 0 Å². The molecular weight excluding hydrogens is 356 g/mol. The molecule has 0 saturated carbocycles. The average Bonchev–Trinajstić information content (AvgIpc) is 3.23. The van der Waals surface area contributed by atoms with Gasteiger partial charge in [0.05, 0.1) is 33.3 Å². The van der Waals surface area contributed by atoms with E-state index in [2.05, 4.69) is 45.1 Å². The van der Waals surface area contributed by atoms with Crippen molar-refractivity contribution < 1.29 is 4.74 Å². The summed E-state index contributed by atoms with van der Waals surface area (Å²) in [5, 5.41) is 0. The monoisotopic (exact) mass is 380 g/mol. The van der Waals surface area contributed by atoms with Gasteiger partial charge in [0.15, 0.2) is 0 Å². The fourth-order valence-corrected chi connectivity index (χ4v) is 4.82. The average molecular weight is 381 g/mol. The fourth-order valence-electron chi connectivity index (χ4n) is 4.16. The van der Waals surface area contributed by atoms with Crippen molar-refractivity contribution in [1.82, 2.24) is 14.9 Å². The lowest BCUT2D eigenvalue weighted by atomic mass is 10.1. The highest BCUT2D eigenvalue weighted by Crippen LogP contribution is 2.26. The summed E-state index contributed by atoms with van der Waals surface area (Å²) in [5.74, 6) is 0. The van der Waals surface area contributed by atoms with Gasteiger partial charge in [-0.3, -0.25) is 9.88 Å². The highest BCUT2D eigenvalue weighted by molar-refractivity contribution is 7.16. The summed E-state index contributed by atoms with van der Waals surface area (Å²) in [7, 11) is 0. The Morgan fingerprint density at radius 1 is 0.963 bits per heavy atom. The first-order chi connectivity index (χ1) is 13.4. The van der Waals surface area contributed by atoms with Gasteiger partial charge in [0.25, 0.3) is 0 Å². The van der Waals surface area contributed by atoms with Gasteiger partial charge in [0, 0.05) is 51.0 Å². The van der Waals surface area contributed by atoms with Gasteiger partial charge in [0.1, 0.15) is 0 Å². The van der Waals surface area contributed by atoms with Crippen LogP contribution >= 0.6 is 11.3 Å². The van der Waals surface area contributed by atoms with Gasteiger partial charge in [-0.1, -0.05) is 6.07 Å². The summed E-state index contributed by atoms with van der Waals surface area (Å²) in [6, 6.07) is 11.4. The van der Waals surface area contributed by atoms with Crippen molar-refractivity contribution in [1.29, 1.82) is 0 Å². The molecule has 0 atom stereocenters. The van der Waals surface area contributed by atoms with Crippen LogP contribution in [-0.4, -0.2) is 60.3 Å². The molecule has 140 valence electrons. The number of nitrogens with zero attached hydrogens (tertiary/aromatic N) is 4. The molecule has 2 aliphatic rings. The standard InChI is InChI=1S/C21H24N4OS/c1-4-21-20(23-15-27-21)13-16(1)19-3-2-18(14-22-19)25-9-7-24(8-10-25)17-5-11-26-12-6-17/h1-4,13-15,17H,5-12H2. The number of hydrogen-bond acceptors (Lipinski definition) is 6. The molecule has 3 aromatic rings. The molecular formula is C21H24N4OS. The minimum atomic E-state index is 0.710. The second-order valence-electron chi connectivity index (χ2n) is 7.30. The fraction of sp³-hybridized carbons (Fsp3) is 0.429. The molecule has 2 aromatic heterocycles. The Labute approximate surface area is 163 Å². The zero-order chi connectivity index (χ0) is 18.1. The number of piperazine rings is 1. The Morgan fingerprint density at radius 3 is 2.59 bits per heavy atom. The third-order valence-corrected chi connectivity index (χ3v) is 6.57. The number of thiazole rings is 1. The van der Waals surface area contributed by atoms with Crippen molar-refractivity contribution in [3.63, 3.8) is 0 Å². The number of rotatable bonds is 3. The molecule has 1 aromatic carbocycles. The molecule has 5 rings (SSSR count). The molecule has 2 aliphatic heterocycles. The van der Waals surface area contributed by atoms with E-state index in [1.807, 2.05) is 11.7 Å². The van der Waals surface area contributed by atoms with Gasteiger partial charge in [-0.15, -0.1) is 11.3 Å². The normalized spacial score (nSPS) is 19.6. The van der Waals surface area contributed by atoms with Crippen LogP contribution in [0.25, 0.3) is 21.5 Å². The first-order valence-electron chi connectivity index (χ1n) is 9.73. The predicted molar refractivity (Wildman–Crippen MR) is 110 cm³/mol. The van der Waals surface area contributed by atoms with Crippen LogP contribution in [0.1, 0.15) is 12.8 Å². The van der Waals surface area contributed by atoms with E-state index in [1.165, 1.54) is 23.2 Å². The largest absolute Gasteiger partial charge is 0.381 e. The Hall–Kier alpha value is -2.02. The lowest BCUT2D eigenvalue weighted by Gasteiger charge is -2.41. The molecule has 6 heteroatoms. The van der Waals surface area contributed by atoms with Gasteiger partial charge in [0.2, 0.25) is 0 Å². The van der Waals surface area contributed by atoms with E-state index >= 15 is 0 Å². The number of fused-ring (bicyclic) bond motifs is 1. The first kappa shape index (κ1) is 17.1. The van der Waals surface area contributed by atoms with E-state index in [0.717, 1.165) is 56.2 Å². The summed E-state index contributed by atoms with van der Waals surface area (Å²) in [5.41, 5.74) is 6.30. The first-order valence-corrected chi connectivity index (χ1v) is 10.6. The summed E-state index contributed by atoms with van der Waals surface area (Å²) >= 11 is 1.67. The molecule has 0 bridgehead atoms. The number of anilines is 1. The quantitative estimate of drug-likeness (QED) is 0.694. The highest BCUT2D eigenvalue weighted by Gasteiger charge is 2.25. The van der Waals surface area contributed by atoms with Crippen molar-refractivity contribution in [2.75, 3.05) is 44.3 Å². The van der Waals surface area contributed by atoms with Gasteiger partial charge < -0.3 is 9.64 Å². The Morgan fingerprint density at radius 2 is 1.81 bits per heavy atom. The van der Waals surface area contributed by atoms with Crippen LogP contribution in [-0.2, 0) is 4.74 Å². The molecule has 5 nitrogen and oxygen atoms in total. The molecule has 0 aliphatic carbocycles. The van der Waals surface area contributed by atoms with E-state index in [-0.39, 0.29) is 0 Å². The third-order valence-electron chi connectivity index (χ3n) is 5.76. The lowest BCUT2D eigenvalue weighted by molar-refractivity contribution is 0.0321. The van der Waals surface area contributed by atoms with Crippen LogP contribution in [0.4, 0.5) is 5.69 Å². The second-order valence-corrected chi connectivity index (χ2v) is 8.19. The van der Waals surface area contributed by atoms with E-state index < -0.39 is 0 Å². The van der Waals surface area contributed by atoms with Crippen LogP contribution in [0, 0.1) is 0 Å². The zero-order valence-electron chi connectivity index (χ0n) is 15.4. The molecule has 0 radical (unpaired) electrons. The summed E-state index contributed by atoms with van der Waals surface area (Å²) in [6.07, 6.45) is 4.38. The van der Waals surface area contributed by atoms with Crippen molar-refractivity contribution in [2.45, 2.75) is 18.9 Å². The molecule has 27 heavy (non-hydrogen) atoms. The summed E-state index contributed by atoms with van der Waals surface area (Å²) in [6.45, 7) is 6.25. The number of aromatic nitrogens is 2. The Bertz CT molecular complexity index is 896. The predicted octanol–water partition coefficient (Wildman–Crippen LogP) is 3.66. The molecule has 4 heterocycles. The van der Waals surface area contributed by atoms with Crippen LogP contribution in [0.15, 0.2) is 42.0 Å². The molecule has 0 amide bonds. The highest BCUT2D eigenvalue weighted by atomic mass is 32.1. The van der Waals surface area contributed by atoms with Crippen molar-refractivity contribution >= 4 is 27.2 Å². The van der Waals surface area contributed by atoms with Gasteiger partial charge >= 0.3 is 0 Å². The maximum Gasteiger partial charge on any atom is 0.0818 e. The summed E-state index contributed by atoms with van der Waals surface area (Å²) < 4.78 is 6.72. The summed E-state index contributed by atoms with van der Waals surface area (Å²) in [4.78, 5) is 14.2. The van der Waals surface area contributed by atoms with Crippen LogP contribution in [0.5, 0.6) is 0 Å². The van der Waals surface area contributed by atoms with Gasteiger partial charge in [-0.25, -0.2) is 4.98 Å². The number of ether oxygens (including phenoxy) is 1. The smallest absolute Gasteiger partial charge is 0.0818 e. The third kappa shape index (κ3) is 3.57. The Balaban J connectivity index is 1.25. The van der Waals surface area contributed by atoms with Crippen molar-refractivity contribution in [3.05, 3.63) is 42.0 Å². The van der Waals surface area contributed by atoms with Gasteiger partial charge in [-0.2, -0.15) is 0 Å². The lowest BCUT2D eigenvalue weighted by Crippen LogP contribution is -2.51. The number of benzene rings is 1. The van der Waals surface area contributed by atoms with Gasteiger partial charge in [-0.05, 0) is 37.1 Å². The minimum Gasteiger partial charge on any atom is -0.381 e. The molecule has 0 unspecified atom stereocenters. The number of pyridine rings is 1. The maximum atomic E-state index is 5.50. The molecule has 2 fully saturated rings. The molecule has 2 saturated heterocycles. The maximum absolute atomic E-state index is 5.50. The van der Waals surface area contributed by atoms with Crippen LogP contribution in [0.2, 0.25) is 0 Å². The topological polar surface area (TPSA) is 41.5 Å². The zero-order valence-corrected chi connectivity index (χ0v) is 16.2. The van der Waals surface area contributed by atoms with Crippen LogP contribution < -0.4 is 4.90 Å². The second kappa shape index (κ2) is 7.54. The van der Waals surface area contributed by atoms with E-state index in [4.69, 9.17) is 9.72 Å². The van der Waals surface area contributed by atoms with E-state index in [1.54, 1.807) is 11.3 Å². The van der Waals surface area contributed by atoms with Crippen molar-refractivity contribution in [3.8, 4) is 11.3 Å². The van der Waals surface area contributed by atoms with E-state index in [0.29, 0.717) is 6.04 Å².